The normalized spacial score (nSPS) is 18.3. The van der Waals surface area contributed by atoms with Crippen molar-refractivity contribution in [1.29, 1.82) is 0 Å². The number of hydrogen-bond donors (Lipinski definition) is 0. The molecule has 0 bridgehead atoms. The molecule has 0 aromatic heterocycles. The lowest BCUT2D eigenvalue weighted by Gasteiger charge is -1.97. The molecule has 4 radical (unpaired) electrons. The Hall–Kier alpha value is -0.0431. The van der Waals surface area contributed by atoms with E-state index in [0.29, 0.717) is 0 Å². The highest BCUT2D eigenvalue weighted by molar-refractivity contribution is 5.75. The van der Waals surface area contributed by atoms with E-state index in [1.165, 1.54) is 25.7 Å². The van der Waals surface area contributed by atoms with E-state index in [1.54, 1.807) is 0 Å². The molecule has 0 atom stereocenters. The molecule has 1 heteroatoms. The molecule has 0 fully saturated rings. The van der Waals surface area contributed by atoms with Crippen LogP contribution in [0.15, 0.2) is 12.2 Å². The molecule has 0 heterocycles. The predicted octanol–water partition coefficient (Wildman–Crippen LogP) is 1.74. The van der Waals surface area contributed by atoms with Gasteiger partial charge in [0.2, 0.25) is 0 Å². The summed E-state index contributed by atoms with van der Waals surface area (Å²) in [4.78, 5) is 0. The van der Waals surface area contributed by atoms with Crippen molar-refractivity contribution in [3.63, 3.8) is 0 Å². The molecule has 0 spiro atoms. The van der Waals surface area contributed by atoms with Crippen LogP contribution in [0.3, 0.4) is 0 Å². The minimum Gasteiger partial charge on any atom is -0.0885 e. The van der Waals surface area contributed by atoms with Gasteiger partial charge in [0.05, 0.1) is 0 Å². The minimum atomic E-state index is 0. The SMILES string of the molecule is C1=CCCCC1.[Si]. The second kappa shape index (κ2) is 4.12. The van der Waals surface area contributed by atoms with Crippen LogP contribution in [0.4, 0.5) is 0 Å². The average Bonchev–Trinajstić information content (AvgIpc) is 1.72. The highest BCUT2D eigenvalue weighted by Gasteiger charge is 1.87. The molecule has 0 unspecified atom stereocenters. The van der Waals surface area contributed by atoms with E-state index in [9.17, 15) is 0 Å². The van der Waals surface area contributed by atoms with Crippen molar-refractivity contribution in [2.24, 2.45) is 0 Å². The Morgan fingerprint density at radius 3 is 1.43 bits per heavy atom. The minimum absolute atomic E-state index is 0. The van der Waals surface area contributed by atoms with Crippen molar-refractivity contribution < 1.29 is 0 Å². The molecule has 1 aliphatic carbocycles. The molecular formula is C6H10Si. The van der Waals surface area contributed by atoms with Crippen LogP contribution in [0.5, 0.6) is 0 Å². The molecule has 0 saturated carbocycles. The molecule has 7 heavy (non-hydrogen) atoms. The Balaban J connectivity index is 0.000000360. The summed E-state index contributed by atoms with van der Waals surface area (Å²) in [7, 11) is 0. The summed E-state index contributed by atoms with van der Waals surface area (Å²) in [5.74, 6) is 0. The van der Waals surface area contributed by atoms with Gasteiger partial charge in [0.15, 0.2) is 0 Å². The van der Waals surface area contributed by atoms with Crippen molar-refractivity contribution in [1.82, 2.24) is 0 Å². The van der Waals surface area contributed by atoms with Crippen LogP contribution < -0.4 is 0 Å². The lowest BCUT2D eigenvalue weighted by atomic mass is 10.1. The molecule has 0 aromatic carbocycles. The van der Waals surface area contributed by atoms with Gasteiger partial charge >= 0.3 is 0 Å². The van der Waals surface area contributed by atoms with Gasteiger partial charge in [-0.3, -0.25) is 0 Å². The molecule has 0 aliphatic heterocycles. The maximum atomic E-state index is 2.27. The maximum Gasteiger partial charge on any atom is 0 e. The van der Waals surface area contributed by atoms with Crippen LogP contribution >= 0.6 is 0 Å². The second-order valence-electron chi connectivity index (χ2n) is 1.76. The zero-order chi connectivity index (χ0) is 4.24. The number of hydrogen-bond acceptors (Lipinski definition) is 0. The van der Waals surface area contributed by atoms with Crippen molar-refractivity contribution >= 4 is 11.0 Å². The summed E-state index contributed by atoms with van der Waals surface area (Å²) in [6.07, 6.45) is 10.0. The van der Waals surface area contributed by atoms with Gasteiger partial charge in [0.25, 0.3) is 0 Å². The van der Waals surface area contributed by atoms with E-state index >= 15 is 0 Å². The fraction of sp³-hybridized carbons (Fsp3) is 0.667. The Bertz CT molecular complexity index is 49.2. The van der Waals surface area contributed by atoms with Crippen LogP contribution in [-0.4, -0.2) is 11.0 Å². The summed E-state index contributed by atoms with van der Waals surface area (Å²) in [6, 6.07) is 0. The van der Waals surface area contributed by atoms with Crippen molar-refractivity contribution in [3.8, 4) is 0 Å². The highest BCUT2D eigenvalue weighted by Crippen LogP contribution is 2.07. The summed E-state index contributed by atoms with van der Waals surface area (Å²) in [6.45, 7) is 0. The lowest BCUT2D eigenvalue weighted by Crippen LogP contribution is -1.77. The molecule has 0 aromatic rings. The zero-order valence-corrected chi connectivity index (χ0v) is 5.48. The zero-order valence-electron chi connectivity index (χ0n) is 4.48. The topological polar surface area (TPSA) is 0 Å². The summed E-state index contributed by atoms with van der Waals surface area (Å²) in [5, 5.41) is 0. The van der Waals surface area contributed by atoms with Gasteiger partial charge in [-0.25, -0.2) is 0 Å². The standard InChI is InChI=1S/C6H10.Si/c1-2-4-6-5-3-1;/h1-2H,3-6H2;. The Labute approximate surface area is 49.6 Å². The third kappa shape index (κ3) is 2.63. The van der Waals surface area contributed by atoms with E-state index in [0.717, 1.165) is 0 Å². The van der Waals surface area contributed by atoms with Crippen LogP contribution in [0.25, 0.3) is 0 Å². The summed E-state index contributed by atoms with van der Waals surface area (Å²) >= 11 is 0. The van der Waals surface area contributed by atoms with E-state index in [4.69, 9.17) is 0 Å². The van der Waals surface area contributed by atoms with Crippen molar-refractivity contribution in [2.75, 3.05) is 0 Å². The van der Waals surface area contributed by atoms with Gasteiger partial charge < -0.3 is 0 Å². The summed E-state index contributed by atoms with van der Waals surface area (Å²) in [5.41, 5.74) is 0. The van der Waals surface area contributed by atoms with Crippen LogP contribution in [-0.2, 0) is 0 Å². The van der Waals surface area contributed by atoms with E-state index in [-0.39, 0.29) is 11.0 Å². The molecule has 0 amide bonds. The molecule has 0 N–H and O–H groups in total. The first-order valence-electron chi connectivity index (χ1n) is 2.65. The van der Waals surface area contributed by atoms with E-state index < -0.39 is 0 Å². The Kier molecular flexibility index (Phi) is 4.10. The molecule has 1 rings (SSSR count). The van der Waals surface area contributed by atoms with Gasteiger partial charge in [0.1, 0.15) is 0 Å². The lowest BCUT2D eigenvalue weighted by molar-refractivity contribution is 0.730. The number of rotatable bonds is 0. The maximum absolute atomic E-state index is 2.27. The predicted molar refractivity (Wildman–Crippen MR) is 33.4 cm³/mol. The Morgan fingerprint density at radius 1 is 0.857 bits per heavy atom. The molecule has 0 saturated heterocycles. The molecule has 1 aliphatic rings. The fourth-order valence-corrected chi connectivity index (χ4v) is 0.760. The van der Waals surface area contributed by atoms with Crippen molar-refractivity contribution in [2.45, 2.75) is 25.7 Å². The quantitative estimate of drug-likeness (QED) is 0.329. The number of allylic oxidation sites excluding steroid dienone is 2. The van der Waals surface area contributed by atoms with Gasteiger partial charge in [-0.05, 0) is 25.7 Å². The first-order valence-corrected chi connectivity index (χ1v) is 2.65. The molecule has 38 valence electrons. The van der Waals surface area contributed by atoms with Gasteiger partial charge in [-0.2, -0.15) is 0 Å². The average molecular weight is 110 g/mol. The van der Waals surface area contributed by atoms with Gasteiger partial charge in [-0.1, -0.05) is 12.2 Å². The second-order valence-corrected chi connectivity index (χ2v) is 1.76. The van der Waals surface area contributed by atoms with Crippen LogP contribution in [0.1, 0.15) is 25.7 Å². The fourth-order valence-electron chi connectivity index (χ4n) is 0.760. The third-order valence-electron chi connectivity index (χ3n) is 1.16. The Morgan fingerprint density at radius 2 is 1.29 bits per heavy atom. The van der Waals surface area contributed by atoms with Gasteiger partial charge in [0, 0.05) is 11.0 Å². The summed E-state index contributed by atoms with van der Waals surface area (Å²) < 4.78 is 0. The van der Waals surface area contributed by atoms with Crippen molar-refractivity contribution in [3.05, 3.63) is 12.2 Å². The van der Waals surface area contributed by atoms with E-state index in [2.05, 4.69) is 12.2 Å². The molecule has 0 nitrogen and oxygen atoms in total. The van der Waals surface area contributed by atoms with Crippen LogP contribution in [0.2, 0.25) is 0 Å². The monoisotopic (exact) mass is 110 g/mol. The first kappa shape index (κ1) is 6.96. The smallest absolute Gasteiger partial charge is 0 e. The van der Waals surface area contributed by atoms with Crippen LogP contribution in [0, 0.1) is 0 Å². The van der Waals surface area contributed by atoms with E-state index in [1.807, 2.05) is 0 Å². The highest BCUT2D eigenvalue weighted by atomic mass is 28.1. The third-order valence-corrected chi connectivity index (χ3v) is 1.16. The molecular weight excluding hydrogens is 100 g/mol. The largest absolute Gasteiger partial charge is 0.0885 e. The van der Waals surface area contributed by atoms with Gasteiger partial charge in [-0.15, -0.1) is 0 Å². The first-order chi connectivity index (χ1) is 3.00.